The van der Waals surface area contributed by atoms with Crippen molar-refractivity contribution >= 4 is 17.6 Å². The third-order valence-electron chi connectivity index (χ3n) is 3.72. The van der Waals surface area contributed by atoms with Crippen molar-refractivity contribution in [3.05, 3.63) is 17.1 Å². The first-order chi connectivity index (χ1) is 9.38. The maximum absolute atomic E-state index is 5.43. The highest BCUT2D eigenvalue weighted by Gasteiger charge is 2.24. The van der Waals surface area contributed by atoms with Crippen molar-refractivity contribution in [3.63, 3.8) is 0 Å². The van der Waals surface area contributed by atoms with Crippen LogP contribution in [0.15, 0.2) is 0 Å². The minimum atomic E-state index is 0.479. The number of hydrogen-bond donors (Lipinski definition) is 1. The van der Waals surface area contributed by atoms with E-state index in [0.717, 1.165) is 62.2 Å². The highest BCUT2D eigenvalue weighted by atomic mass is 32.2. The van der Waals surface area contributed by atoms with Crippen molar-refractivity contribution in [1.82, 2.24) is 9.97 Å². The van der Waals surface area contributed by atoms with Crippen LogP contribution in [0.3, 0.4) is 0 Å². The molecule has 5 heteroatoms. The predicted octanol–water partition coefficient (Wildman–Crippen LogP) is 2.94. The Kier molecular flexibility index (Phi) is 4.23. The van der Waals surface area contributed by atoms with E-state index in [1.54, 1.807) is 0 Å². The molecule has 1 aromatic rings. The number of aromatic nitrogens is 2. The van der Waals surface area contributed by atoms with E-state index in [4.69, 9.17) is 14.7 Å². The first-order valence-corrected chi connectivity index (χ1v) is 8.33. The van der Waals surface area contributed by atoms with Gasteiger partial charge >= 0.3 is 0 Å². The Hall–Kier alpha value is -0.810. The lowest BCUT2D eigenvalue weighted by atomic mass is 9.99. The molecule has 0 bridgehead atoms. The Morgan fingerprint density at radius 3 is 2.89 bits per heavy atom. The Balaban J connectivity index is 1.87. The monoisotopic (exact) mass is 279 g/mol. The van der Waals surface area contributed by atoms with E-state index in [-0.39, 0.29) is 0 Å². The van der Waals surface area contributed by atoms with Gasteiger partial charge < -0.3 is 10.1 Å². The molecule has 3 rings (SSSR count). The average molecular weight is 279 g/mol. The number of fused-ring (bicyclic) bond motifs is 1. The van der Waals surface area contributed by atoms with E-state index in [9.17, 15) is 0 Å². The molecule has 1 fully saturated rings. The summed E-state index contributed by atoms with van der Waals surface area (Å²) in [5, 5.41) is 3.48. The van der Waals surface area contributed by atoms with Crippen LogP contribution in [0.1, 0.15) is 49.2 Å². The van der Waals surface area contributed by atoms with Gasteiger partial charge in [-0.2, -0.15) is 11.8 Å². The Morgan fingerprint density at radius 2 is 2.11 bits per heavy atom. The Morgan fingerprint density at radius 1 is 1.26 bits per heavy atom. The van der Waals surface area contributed by atoms with Crippen LogP contribution in [0.5, 0.6) is 0 Å². The zero-order valence-corrected chi connectivity index (χ0v) is 12.3. The molecule has 2 aliphatic rings. The van der Waals surface area contributed by atoms with Gasteiger partial charge in [-0.3, -0.25) is 0 Å². The Labute approximate surface area is 118 Å². The second-order valence-corrected chi connectivity index (χ2v) is 6.15. The number of ether oxygens (including phenoxy) is 1. The van der Waals surface area contributed by atoms with Crippen molar-refractivity contribution in [2.45, 2.75) is 43.6 Å². The minimum absolute atomic E-state index is 0.479. The molecule has 0 radical (unpaired) electrons. The van der Waals surface area contributed by atoms with Crippen LogP contribution in [-0.2, 0) is 16.2 Å². The third kappa shape index (κ3) is 2.87. The second kappa shape index (κ2) is 6.09. The van der Waals surface area contributed by atoms with Crippen molar-refractivity contribution in [2.75, 3.05) is 25.1 Å². The number of thioether (sulfide) groups is 1. The number of rotatable bonds is 4. The van der Waals surface area contributed by atoms with Crippen LogP contribution in [-0.4, -0.2) is 29.7 Å². The quantitative estimate of drug-likeness (QED) is 0.918. The second-order valence-electron chi connectivity index (χ2n) is 5.16. The topological polar surface area (TPSA) is 47.0 Å². The summed E-state index contributed by atoms with van der Waals surface area (Å²) in [6.45, 7) is 4.86. The minimum Gasteiger partial charge on any atom is -0.381 e. The summed E-state index contributed by atoms with van der Waals surface area (Å²) in [4.78, 5) is 9.63. The fourth-order valence-corrected chi connectivity index (χ4v) is 3.64. The third-order valence-corrected chi connectivity index (χ3v) is 4.69. The van der Waals surface area contributed by atoms with Crippen molar-refractivity contribution in [2.24, 2.45) is 0 Å². The van der Waals surface area contributed by atoms with Gasteiger partial charge in [0.25, 0.3) is 0 Å². The number of nitrogens with zero attached hydrogens (tertiary/aromatic N) is 2. The van der Waals surface area contributed by atoms with Crippen LogP contribution < -0.4 is 5.32 Å². The SMILES string of the molecule is CCCNc1nc(C2CCOCC2)nc2c1CSC2. The highest BCUT2D eigenvalue weighted by molar-refractivity contribution is 7.98. The van der Waals surface area contributed by atoms with Gasteiger partial charge in [-0.05, 0) is 19.3 Å². The standard InChI is InChI=1S/C14H21N3OS/c1-2-5-15-14-11-8-19-9-12(11)16-13(17-14)10-3-6-18-7-4-10/h10H,2-9H2,1H3,(H,15,16,17). The molecule has 0 amide bonds. The fourth-order valence-electron chi connectivity index (χ4n) is 2.60. The van der Waals surface area contributed by atoms with Crippen LogP contribution in [0.4, 0.5) is 5.82 Å². The van der Waals surface area contributed by atoms with Gasteiger partial charge in [-0.15, -0.1) is 0 Å². The normalized spacial score (nSPS) is 19.4. The molecule has 104 valence electrons. The van der Waals surface area contributed by atoms with Crippen LogP contribution in [0, 0.1) is 0 Å². The molecular formula is C14H21N3OS. The van der Waals surface area contributed by atoms with Gasteiger partial charge in [-0.1, -0.05) is 6.92 Å². The summed E-state index contributed by atoms with van der Waals surface area (Å²) in [6.07, 6.45) is 3.23. The van der Waals surface area contributed by atoms with Crippen LogP contribution in [0.2, 0.25) is 0 Å². The van der Waals surface area contributed by atoms with Gasteiger partial charge in [0.2, 0.25) is 0 Å². The summed E-state index contributed by atoms with van der Waals surface area (Å²) in [5.74, 6) is 4.68. The van der Waals surface area contributed by atoms with E-state index >= 15 is 0 Å². The molecule has 0 spiro atoms. The largest absolute Gasteiger partial charge is 0.381 e. The predicted molar refractivity (Wildman–Crippen MR) is 78.6 cm³/mol. The van der Waals surface area contributed by atoms with Gasteiger partial charge in [0, 0.05) is 42.7 Å². The molecule has 0 aromatic carbocycles. The average Bonchev–Trinajstić information content (AvgIpc) is 2.94. The van der Waals surface area contributed by atoms with E-state index in [0.29, 0.717) is 5.92 Å². The number of nitrogens with one attached hydrogen (secondary N) is 1. The van der Waals surface area contributed by atoms with E-state index in [1.807, 2.05) is 11.8 Å². The van der Waals surface area contributed by atoms with Crippen molar-refractivity contribution in [1.29, 1.82) is 0 Å². The molecule has 1 N–H and O–H groups in total. The van der Waals surface area contributed by atoms with Crippen molar-refractivity contribution in [3.8, 4) is 0 Å². The lowest BCUT2D eigenvalue weighted by molar-refractivity contribution is 0.0835. The summed E-state index contributed by atoms with van der Waals surface area (Å²) in [7, 11) is 0. The highest BCUT2D eigenvalue weighted by Crippen LogP contribution is 2.35. The van der Waals surface area contributed by atoms with Gasteiger partial charge in [-0.25, -0.2) is 9.97 Å². The zero-order valence-electron chi connectivity index (χ0n) is 11.4. The summed E-state index contributed by atoms with van der Waals surface area (Å²) < 4.78 is 5.43. The molecule has 1 aromatic heterocycles. The number of anilines is 1. The first kappa shape index (κ1) is 13.2. The molecule has 0 aliphatic carbocycles. The maximum Gasteiger partial charge on any atom is 0.134 e. The van der Waals surface area contributed by atoms with Gasteiger partial charge in [0.1, 0.15) is 11.6 Å². The first-order valence-electron chi connectivity index (χ1n) is 7.17. The maximum atomic E-state index is 5.43. The molecule has 19 heavy (non-hydrogen) atoms. The molecule has 4 nitrogen and oxygen atoms in total. The molecule has 1 saturated heterocycles. The molecular weight excluding hydrogens is 258 g/mol. The summed E-state index contributed by atoms with van der Waals surface area (Å²) >= 11 is 1.94. The van der Waals surface area contributed by atoms with E-state index < -0.39 is 0 Å². The van der Waals surface area contributed by atoms with E-state index in [1.165, 1.54) is 11.3 Å². The zero-order chi connectivity index (χ0) is 13.1. The summed E-state index contributed by atoms with van der Waals surface area (Å²) in [6, 6.07) is 0. The lowest BCUT2D eigenvalue weighted by Crippen LogP contribution is -2.18. The van der Waals surface area contributed by atoms with Crippen LogP contribution >= 0.6 is 11.8 Å². The van der Waals surface area contributed by atoms with Gasteiger partial charge in [0.05, 0.1) is 5.69 Å². The van der Waals surface area contributed by atoms with Crippen molar-refractivity contribution < 1.29 is 4.74 Å². The molecule has 0 atom stereocenters. The lowest BCUT2D eigenvalue weighted by Gasteiger charge is -2.22. The van der Waals surface area contributed by atoms with Crippen LogP contribution in [0.25, 0.3) is 0 Å². The fraction of sp³-hybridized carbons (Fsp3) is 0.714. The number of hydrogen-bond acceptors (Lipinski definition) is 5. The Bertz CT molecular complexity index is 447. The molecule has 0 unspecified atom stereocenters. The summed E-state index contributed by atoms with van der Waals surface area (Å²) in [5.41, 5.74) is 2.58. The van der Waals surface area contributed by atoms with Gasteiger partial charge in [0.15, 0.2) is 0 Å². The smallest absolute Gasteiger partial charge is 0.134 e. The molecule has 2 aliphatic heterocycles. The molecule has 0 saturated carbocycles. The molecule has 3 heterocycles. The van der Waals surface area contributed by atoms with E-state index in [2.05, 4.69) is 12.2 Å².